The average molecular weight is 675 g/mol. The van der Waals surface area contributed by atoms with E-state index in [0.717, 1.165) is 26.6 Å². The first kappa shape index (κ1) is 33.1. The number of fused-ring (bicyclic) bond motifs is 1. The fourth-order valence-corrected chi connectivity index (χ4v) is 5.97. The van der Waals surface area contributed by atoms with Crippen LogP contribution in [0, 0.1) is 11.3 Å². The highest BCUT2D eigenvalue weighted by Crippen LogP contribution is 2.33. The van der Waals surface area contributed by atoms with Crippen LogP contribution in [0.3, 0.4) is 0 Å². The minimum Gasteiger partial charge on any atom is -0.507 e. The van der Waals surface area contributed by atoms with E-state index in [0.29, 0.717) is 28.7 Å². The highest BCUT2D eigenvalue weighted by molar-refractivity contribution is 7.99. The predicted octanol–water partition coefficient (Wildman–Crippen LogP) is 6.30. The first-order valence-corrected chi connectivity index (χ1v) is 16.3. The summed E-state index contributed by atoms with van der Waals surface area (Å²) in [6.07, 6.45) is 1.97. The number of aromatic hydroxyl groups is 1. The van der Waals surface area contributed by atoms with Gasteiger partial charge in [0.1, 0.15) is 30.0 Å². The fraction of sp³-hybridized carbons (Fsp3) is 0.194. The number of benzene rings is 3. The molecule has 2 amide bonds. The molecule has 248 valence electrons. The third kappa shape index (κ3) is 7.51. The quantitative estimate of drug-likeness (QED) is 0.131. The lowest BCUT2D eigenvalue weighted by Crippen LogP contribution is -2.29. The number of pyridine rings is 1. The number of anilines is 1. The molecule has 0 aliphatic rings. The molecule has 0 atom stereocenters. The summed E-state index contributed by atoms with van der Waals surface area (Å²) in [4.78, 5) is 15.2. The Morgan fingerprint density at radius 3 is 2.65 bits per heavy atom. The second-order valence-electron chi connectivity index (χ2n) is 12.1. The van der Waals surface area contributed by atoms with Crippen LogP contribution in [0.2, 0.25) is 0 Å². The fourth-order valence-electron chi connectivity index (χ4n) is 5.01. The maximum Gasteiger partial charge on any atom is 0.320 e. The zero-order valence-electron chi connectivity index (χ0n) is 27.1. The first-order valence-electron chi connectivity index (χ1n) is 15.5. The molecule has 0 spiro atoms. The van der Waals surface area contributed by atoms with Crippen LogP contribution < -0.4 is 15.4 Å². The number of phenols is 1. The van der Waals surface area contributed by atoms with Crippen LogP contribution >= 0.6 is 11.8 Å². The maximum absolute atomic E-state index is 13.2. The van der Waals surface area contributed by atoms with Crippen LogP contribution in [0.5, 0.6) is 11.5 Å². The average Bonchev–Trinajstić information content (AvgIpc) is 3.72. The summed E-state index contributed by atoms with van der Waals surface area (Å²) in [5.74, 6) is 1.58. The normalized spacial score (nSPS) is 11.3. The summed E-state index contributed by atoms with van der Waals surface area (Å²) >= 11 is 1.56. The Kier molecular flexibility index (Phi) is 9.52. The van der Waals surface area contributed by atoms with Crippen molar-refractivity contribution in [1.82, 2.24) is 29.7 Å². The molecule has 6 aromatic rings. The van der Waals surface area contributed by atoms with E-state index in [4.69, 9.17) is 14.9 Å². The Hall–Kier alpha value is -5.84. The van der Waals surface area contributed by atoms with Crippen molar-refractivity contribution in [1.29, 1.82) is 5.26 Å². The van der Waals surface area contributed by atoms with Gasteiger partial charge in [-0.25, -0.2) is 9.48 Å². The van der Waals surface area contributed by atoms with Crippen molar-refractivity contribution in [3.8, 4) is 34.6 Å². The van der Waals surface area contributed by atoms with Gasteiger partial charge in [0.2, 0.25) is 0 Å². The van der Waals surface area contributed by atoms with Gasteiger partial charge in [-0.05, 0) is 54.1 Å². The van der Waals surface area contributed by atoms with Crippen LogP contribution in [0.15, 0.2) is 101 Å². The molecule has 6 rings (SSSR count). The zero-order chi connectivity index (χ0) is 34.5. The van der Waals surface area contributed by atoms with E-state index >= 15 is 0 Å². The Labute approximate surface area is 287 Å². The summed E-state index contributed by atoms with van der Waals surface area (Å²) in [6, 6.07) is 27.2. The van der Waals surface area contributed by atoms with Gasteiger partial charge < -0.3 is 20.3 Å². The molecular formula is C36H34N8O4S. The number of aliphatic hydroxyl groups is 1. The van der Waals surface area contributed by atoms with Crippen molar-refractivity contribution in [3.63, 3.8) is 0 Å². The van der Waals surface area contributed by atoms with E-state index in [1.165, 1.54) is 12.1 Å². The molecule has 49 heavy (non-hydrogen) atoms. The van der Waals surface area contributed by atoms with Crippen molar-refractivity contribution in [2.75, 3.05) is 18.5 Å². The Balaban J connectivity index is 1.19. The maximum atomic E-state index is 13.2. The molecule has 3 aromatic heterocycles. The second-order valence-corrected chi connectivity index (χ2v) is 13.2. The van der Waals surface area contributed by atoms with Crippen LogP contribution in [-0.4, -0.2) is 53.8 Å². The van der Waals surface area contributed by atoms with E-state index in [1.54, 1.807) is 28.6 Å². The standard InChI is InChI=1S/C36H34N8O4S/c1-36(2,3)31-19-33(44(42-31)26-11-13-29(46)25(17-26)20-37)39-35(47)38-21-24-7-4-5-10-30(24)49-28-12-14-32-40-41-34(43(32)22-28)23-8-6-9-27(18-23)48-16-15-45/h4-14,17-19,22,45-46H,15-16,21H2,1-3H3,(H2,38,39,47). The molecule has 0 unspecified atom stereocenters. The van der Waals surface area contributed by atoms with Gasteiger partial charge in [-0.2, -0.15) is 10.4 Å². The molecule has 3 aromatic carbocycles. The van der Waals surface area contributed by atoms with Crippen molar-refractivity contribution in [2.45, 2.75) is 42.5 Å². The van der Waals surface area contributed by atoms with E-state index in [1.807, 2.05) is 98.1 Å². The van der Waals surface area contributed by atoms with E-state index in [9.17, 15) is 15.2 Å². The number of hydrogen-bond acceptors (Lipinski definition) is 9. The van der Waals surface area contributed by atoms with Gasteiger partial charge in [0.15, 0.2) is 11.5 Å². The van der Waals surface area contributed by atoms with Crippen molar-refractivity contribution in [3.05, 3.63) is 108 Å². The number of carbonyl (C=O) groups excluding carboxylic acids is 1. The SMILES string of the molecule is CC(C)(C)c1cc(NC(=O)NCc2ccccc2Sc2ccc3nnc(-c4cccc(OCCO)c4)n3c2)n(-c2ccc(O)c(C#N)c2)n1. The van der Waals surface area contributed by atoms with E-state index < -0.39 is 6.03 Å². The smallest absolute Gasteiger partial charge is 0.320 e. The lowest BCUT2D eigenvalue weighted by molar-refractivity contribution is 0.201. The molecule has 4 N–H and O–H groups in total. The highest BCUT2D eigenvalue weighted by Gasteiger charge is 2.22. The lowest BCUT2D eigenvalue weighted by Gasteiger charge is -2.14. The second kappa shape index (κ2) is 14.1. The molecule has 3 heterocycles. The third-order valence-corrected chi connectivity index (χ3v) is 8.63. The van der Waals surface area contributed by atoms with Crippen LogP contribution in [0.4, 0.5) is 10.6 Å². The number of nitrogens with one attached hydrogen (secondary N) is 2. The number of phenolic OH excluding ortho intramolecular Hbond substituents is 1. The number of amides is 2. The molecular weight excluding hydrogens is 641 g/mol. The molecule has 12 nitrogen and oxygen atoms in total. The Morgan fingerprint density at radius 1 is 1.02 bits per heavy atom. The van der Waals surface area contributed by atoms with E-state index in [-0.39, 0.29) is 36.5 Å². The summed E-state index contributed by atoms with van der Waals surface area (Å²) in [7, 11) is 0. The highest BCUT2D eigenvalue weighted by atomic mass is 32.2. The van der Waals surface area contributed by atoms with Gasteiger partial charge in [-0.15, -0.1) is 10.2 Å². The molecule has 13 heteroatoms. The van der Waals surface area contributed by atoms with Gasteiger partial charge in [0.25, 0.3) is 0 Å². The number of hydrogen-bond donors (Lipinski definition) is 4. The number of nitriles is 1. The summed E-state index contributed by atoms with van der Waals surface area (Å²) < 4.78 is 9.05. The number of aliphatic hydroxyl groups excluding tert-OH is 1. The van der Waals surface area contributed by atoms with Gasteiger partial charge in [0.05, 0.1) is 23.6 Å². The summed E-state index contributed by atoms with van der Waals surface area (Å²) in [5, 5.41) is 47.8. The summed E-state index contributed by atoms with van der Waals surface area (Å²) in [6.45, 7) is 6.44. The largest absolute Gasteiger partial charge is 0.507 e. The van der Waals surface area contributed by atoms with Gasteiger partial charge >= 0.3 is 6.03 Å². The predicted molar refractivity (Wildman–Crippen MR) is 186 cm³/mol. The topological polar surface area (TPSA) is 163 Å². The number of aromatic nitrogens is 5. The zero-order valence-corrected chi connectivity index (χ0v) is 27.9. The lowest BCUT2D eigenvalue weighted by atomic mass is 9.92. The van der Waals surface area contributed by atoms with Gasteiger partial charge in [-0.3, -0.25) is 9.72 Å². The number of carbonyl (C=O) groups is 1. The first-order chi connectivity index (χ1) is 23.6. The minimum atomic E-state index is -0.429. The number of ether oxygens (including phenoxy) is 1. The molecule has 0 saturated heterocycles. The van der Waals surface area contributed by atoms with Crippen molar-refractivity contribution in [2.24, 2.45) is 0 Å². The van der Waals surface area contributed by atoms with Crippen LogP contribution in [-0.2, 0) is 12.0 Å². The third-order valence-electron chi connectivity index (χ3n) is 7.53. The monoisotopic (exact) mass is 674 g/mol. The number of urea groups is 1. The molecule has 0 saturated carbocycles. The molecule has 0 fully saturated rings. The van der Waals surface area contributed by atoms with E-state index in [2.05, 4.69) is 20.8 Å². The molecule has 0 aliphatic carbocycles. The van der Waals surface area contributed by atoms with Gasteiger partial charge in [0, 0.05) is 39.6 Å². The van der Waals surface area contributed by atoms with Crippen LogP contribution in [0.1, 0.15) is 37.6 Å². The summed E-state index contributed by atoms with van der Waals surface area (Å²) in [5.41, 5.74) is 3.50. The number of rotatable bonds is 10. The van der Waals surface area contributed by atoms with Crippen LogP contribution in [0.25, 0.3) is 22.7 Å². The Morgan fingerprint density at radius 2 is 1.86 bits per heavy atom. The van der Waals surface area contributed by atoms with Crippen molar-refractivity contribution >= 4 is 29.3 Å². The molecule has 0 bridgehead atoms. The number of nitrogens with zero attached hydrogens (tertiary/aromatic N) is 6. The Bertz CT molecular complexity index is 2180. The minimum absolute atomic E-state index is 0.0732. The molecule has 0 aliphatic heterocycles. The van der Waals surface area contributed by atoms with Crippen molar-refractivity contribution < 1.29 is 19.7 Å². The molecule has 0 radical (unpaired) electrons. The van der Waals surface area contributed by atoms with Gasteiger partial charge in [-0.1, -0.05) is 62.9 Å².